The summed E-state index contributed by atoms with van der Waals surface area (Å²) < 4.78 is 1.80. The molecule has 1 fully saturated rings. The summed E-state index contributed by atoms with van der Waals surface area (Å²) >= 11 is 0. The van der Waals surface area contributed by atoms with Gasteiger partial charge in [-0.15, -0.1) is 0 Å². The molecule has 2 N–H and O–H groups in total. The fraction of sp³-hybridized carbons (Fsp3) is 0.455. The van der Waals surface area contributed by atoms with Gasteiger partial charge in [-0.05, 0) is 25.7 Å². The third-order valence-corrected chi connectivity index (χ3v) is 3.25. The third kappa shape index (κ3) is 1.24. The minimum absolute atomic E-state index is 0.0938. The molecule has 1 aromatic heterocycles. The molecule has 16 heavy (non-hydrogen) atoms. The van der Waals surface area contributed by atoms with Crippen molar-refractivity contribution in [2.75, 3.05) is 5.32 Å². The van der Waals surface area contributed by atoms with E-state index in [9.17, 15) is 9.90 Å². The number of aliphatic carboxylic acids is 1. The van der Waals surface area contributed by atoms with Crippen molar-refractivity contribution < 1.29 is 9.90 Å². The van der Waals surface area contributed by atoms with Crippen LogP contribution in [0.2, 0.25) is 0 Å². The predicted octanol–water partition coefficient (Wildman–Crippen LogP) is 1.62. The maximum Gasteiger partial charge on any atom is 0.335 e. The Kier molecular flexibility index (Phi) is 1.83. The first-order valence-corrected chi connectivity index (χ1v) is 5.43. The highest BCUT2D eigenvalue weighted by atomic mass is 16.4. The first-order valence-electron chi connectivity index (χ1n) is 5.43. The summed E-state index contributed by atoms with van der Waals surface area (Å²) in [6, 6.07) is 1.78. The molecule has 2 heterocycles. The van der Waals surface area contributed by atoms with Crippen molar-refractivity contribution in [3.05, 3.63) is 23.5 Å². The Morgan fingerprint density at radius 2 is 2.38 bits per heavy atom. The maximum absolute atomic E-state index is 11.3. The minimum atomic E-state index is -0.844. The maximum atomic E-state index is 11.3. The SMILES string of the molecule is CC1=C(C(=O)O)C(C2CC2)n2nccc2N1. The quantitative estimate of drug-likeness (QED) is 0.793. The highest BCUT2D eigenvalue weighted by molar-refractivity contribution is 5.90. The van der Waals surface area contributed by atoms with E-state index in [0.29, 0.717) is 11.5 Å². The van der Waals surface area contributed by atoms with E-state index in [2.05, 4.69) is 10.4 Å². The van der Waals surface area contributed by atoms with E-state index in [1.165, 1.54) is 0 Å². The average molecular weight is 219 g/mol. The van der Waals surface area contributed by atoms with Crippen LogP contribution in [0.4, 0.5) is 5.82 Å². The second-order valence-electron chi connectivity index (χ2n) is 4.41. The van der Waals surface area contributed by atoms with Crippen LogP contribution in [-0.4, -0.2) is 20.9 Å². The highest BCUT2D eigenvalue weighted by Gasteiger charge is 2.41. The number of carboxylic acids is 1. The van der Waals surface area contributed by atoms with E-state index in [1.54, 1.807) is 10.9 Å². The Bertz CT molecular complexity index is 485. The summed E-state index contributed by atoms with van der Waals surface area (Å²) in [4.78, 5) is 11.3. The van der Waals surface area contributed by atoms with Crippen molar-refractivity contribution in [2.24, 2.45) is 5.92 Å². The van der Waals surface area contributed by atoms with Crippen molar-refractivity contribution in [2.45, 2.75) is 25.8 Å². The molecular formula is C11H13N3O2. The zero-order valence-corrected chi connectivity index (χ0v) is 8.97. The normalized spacial score (nSPS) is 23.9. The zero-order chi connectivity index (χ0) is 11.3. The fourth-order valence-electron chi connectivity index (χ4n) is 2.37. The highest BCUT2D eigenvalue weighted by Crippen LogP contribution is 2.46. The second kappa shape index (κ2) is 3.10. The average Bonchev–Trinajstić information content (AvgIpc) is 2.95. The molecule has 0 amide bonds. The van der Waals surface area contributed by atoms with Gasteiger partial charge in [-0.3, -0.25) is 0 Å². The van der Waals surface area contributed by atoms with Gasteiger partial charge in [-0.2, -0.15) is 5.10 Å². The van der Waals surface area contributed by atoms with E-state index >= 15 is 0 Å². The molecule has 0 saturated heterocycles. The number of nitrogens with one attached hydrogen (secondary N) is 1. The standard InChI is InChI=1S/C11H13N3O2/c1-6-9(11(15)16)10(7-2-3-7)14-8(13-6)4-5-12-14/h4-5,7,10,13H,2-3H2,1H3,(H,15,16). The number of hydrogen-bond acceptors (Lipinski definition) is 3. The number of hydrogen-bond donors (Lipinski definition) is 2. The Balaban J connectivity index is 2.12. The van der Waals surface area contributed by atoms with Gasteiger partial charge in [0, 0.05) is 11.8 Å². The van der Waals surface area contributed by atoms with Crippen LogP contribution in [0, 0.1) is 5.92 Å². The Labute approximate surface area is 92.8 Å². The van der Waals surface area contributed by atoms with Crippen molar-refractivity contribution in [3.8, 4) is 0 Å². The number of allylic oxidation sites excluding steroid dienone is 1. The lowest BCUT2D eigenvalue weighted by Crippen LogP contribution is -2.28. The van der Waals surface area contributed by atoms with E-state index in [0.717, 1.165) is 24.4 Å². The summed E-state index contributed by atoms with van der Waals surface area (Å²) in [7, 11) is 0. The van der Waals surface area contributed by atoms with Gasteiger partial charge in [0.2, 0.25) is 0 Å². The first-order chi connectivity index (χ1) is 7.68. The van der Waals surface area contributed by atoms with Crippen LogP contribution >= 0.6 is 0 Å². The lowest BCUT2D eigenvalue weighted by molar-refractivity contribution is -0.133. The van der Waals surface area contributed by atoms with E-state index < -0.39 is 5.97 Å². The number of nitrogens with zero attached hydrogens (tertiary/aromatic N) is 2. The van der Waals surface area contributed by atoms with Gasteiger partial charge in [0.1, 0.15) is 5.82 Å². The van der Waals surface area contributed by atoms with Crippen molar-refractivity contribution >= 4 is 11.8 Å². The van der Waals surface area contributed by atoms with Crippen LogP contribution in [-0.2, 0) is 4.79 Å². The predicted molar refractivity (Wildman–Crippen MR) is 57.9 cm³/mol. The van der Waals surface area contributed by atoms with Gasteiger partial charge in [-0.25, -0.2) is 9.48 Å². The number of fused-ring (bicyclic) bond motifs is 1. The molecule has 1 aliphatic carbocycles. The second-order valence-corrected chi connectivity index (χ2v) is 4.41. The monoisotopic (exact) mass is 219 g/mol. The summed E-state index contributed by atoms with van der Waals surface area (Å²) in [6.45, 7) is 1.81. The van der Waals surface area contributed by atoms with Crippen molar-refractivity contribution in [3.63, 3.8) is 0 Å². The smallest absolute Gasteiger partial charge is 0.335 e. The number of aromatic nitrogens is 2. The molecule has 1 unspecified atom stereocenters. The van der Waals surface area contributed by atoms with E-state index in [1.807, 2.05) is 13.0 Å². The van der Waals surface area contributed by atoms with Crippen LogP contribution in [0.15, 0.2) is 23.5 Å². The first kappa shape index (κ1) is 9.45. The topological polar surface area (TPSA) is 67.1 Å². The molecule has 1 atom stereocenters. The van der Waals surface area contributed by atoms with Crippen LogP contribution < -0.4 is 5.32 Å². The van der Waals surface area contributed by atoms with Gasteiger partial charge < -0.3 is 10.4 Å². The van der Waals surface area contributed by atoms with Gasteiger partial charge in [0.25, 0.3) is 0 Å². The van der Waals surface area contributed by atoms with Gasteiger partial charge in [-0.1, -0.05) is 0 Å². The summed E-state index contributed by atoms with van der Waals surface area (Å²) in [5.41, 5.74) is 1.19. The third-order valence-electron chi connectivity index (χ3n) is 3.25. The van der Waals surface area contributed by atoms with Gasteiger partial charge in [0.05, 0.1) is 17.8 Å². The Hall–Kier alpha value is -1.78. The summed E-state index contributed by atoms with van der Waals surface area (Å²) in [5.74, 6) is 0.476. The molecule has 0 bridgehead atoms. The molecule has 84 valence electrons. The number of carboxylic acid groups (broad SMARTS) is 1. The lowest BCUT2D eigenvalue weighted by atomic mass is 9.99. The summed E-state index contributed by atoms with van der Waals surface area (Å²) in [6.07, 6.45) is 3.89. The molecule has 0 aromatic carbocycles. The number of rotatable bonds is 2. The molecule has 1 aliphatic heterocycles. The molecule has 3 rings (SSSR count). The van der Waals surface area contributed by atoms with Crippen molar-refractivity contribution in [1.82, 2.24) is 9.78 Å². The van der Waals surface area contributed by atoms with Crippen molar-refractivity contribution in [1.29, 1.82) is 0 Å². The Morgan fingerprint density at radius 3 is 3.00 bits per heavy atom. The molecule has 0 spiro atoms. The largest absolute Gasteiger partial charge is 0.478 e. The Morgan fingerprint density at radius 1 is 1.62 bits per heavy atom. The zero-order valence-electron chi connectivity index (χ0n) is 8.97. The molecule has 2 aliphatic rings. The molecule has 5 nitrogen and oxygen atoms in total. The number of carbonyl (C=O) groups is 1. The van der Waals surface area contributed by atoms with E-state index in [4.69, 9.17) is 0 Å². The molecule has 0 radical (unpaired) electrons. The molecule has 1 aromatic rings. The molecular weight excluding hydrogens is 206 g/mol. The van der Waals surface area contributed by atoms with Crippen LogP contribution in [0.25, 0.3) is 0 Å². The molecule has 5 heteroatoms. The fourth-order valence-corrected chi connectivity index (χ4v) is 2.37. The minimum Gasteiger partial charge on any atom is -0.478 e. The molecule has 1 saturated carbocycles. The number of anilines is 1. The van der Waals surface area contributed by atoms with E-state index in [-0.39, 0.29) is 6.04 Å². The van der Waals surface area contributed by atoms with Gasteiger partial charge >= 0.3 is 5.97 Å². The van der Waals surface area contributed by atoms with Crippen LogP contribution in [0.1, 0.15) is 25.8 Å². The van der Waals surface area contributed by atoms with Gasteiger partial charge in [0.15, 0.2) is 0 Å². The van der Waals surface area contributed by atoms with Crippen LogP contribution in [0.5, 0.6) is 0 Å². The lowest BCUT2D eigenvalue weighted by Gasteiger charge is -2.27. The summed E-state index contributed by atoms with van der Waals surface area (Å²) in [5, 5.41) is 16.6. The van der Waals surface area contributed by atoms with Crippen LogP contribution in [0.3, 0.4) is 0 Å².